The van der Waals surface area contributed by atoms with Gasteiger partial charge in [-0.3, -0.25) is 0 Å². The predicted octanol–water partition coefficient (Wildman–Crippen LogP) is 0.717. The van der Waals surface area contributed by atoms with Gasteiger partial charge < -0.3 is 19.4 Å². The average Bonchev–Trinajstić information content (AvgIpc) is 3.12. The highest BCUT2D eigenvalue weighted by atomic mass is 19.4. The van der Waals surface area contributed by atoms with Crippen LogP contribution in [0, 0.1) is 0 Å². The Labute approximate surface area is 152 Å². The molecule has 4 heterocycles. The lowest BCUT2D eigenvalue weighted by atomic mass is 10.3. The minimum Gasteiger partial charge on any atom is -0.378 e. The summed E-state index contributed by atoms with van der Waals surface area (Å²) in [5, 5.41) is 10.7. The number of piperazine rings is 1. The Morgan fingerprint density at radius 3 is 2.30 bits per heavy atom. The van der Waals surface area contributed by atoms with Gasteiger partial charge in [0.1, 0.15) is 5.82 Å². The molecule has 0 aromatic carbocycles. The zero-order valence-corrected chi connectivity index (χ0v) is 14.4. The highest BCUT2D eigenvalue weighted by Crippen LogP contribution is 2.28. The van der Waals surface area contributed by atoms with Gasteiger partial charge in [0.15, 0.2) is 5.65 Å². The van der Waals surface area contributed by atoms with Crippen LogP contribution in [0.4, 0.5) is 23.8 Å². The van der Waals surface area contributed by atoms with E-state index in [9.17, 15) is 18.0 Å². The maximum Gasteiger partial charge on any atom is 0.453 e. The van der Waals surface area contributed by atoms with Crippen molar-refractivity contribution in [1.29, 1.82) is 0 Å². The summed E-state index contributed by atoms with van der Waals surface area (Å²) >= 11 is 0. The van der Waals surface area contributed by atoms with E-state index in [1.54, 1.807) is 15.9 Å². The van der Waals surface area contributed by atoms with E-state index in [-0.39, 0.29) is 11.7 Å². The number of fused-ring (bicyclic) bond motifs is 1. The van der Waals surface area contributed by atoms with Crippen LogP contribution in [0.25, 0.3) is 5.65 Å². The minimum atomic E-state index is -4.63. The van der Waals surface area contributed by atoms with Crippen LogP contribution in [0.5, 0.6) is 0 Å². The second-order valence-corrected chi connectivity index (χ2v) is 6.34. The number of morpholine rings is 1. The fraction of sp³-hybridized carbons (Fsp3) is 0.600. The summed E-state index contributed by atoms with van der Waals surface area (Å²) in [6.45, 7) is 4.15. The fourth-order valence-corrected chi connectivity index (χ4v) is 3.21. The van der Waals surface area contributed by atoms with Crippen molar-refractivity contribution in [2.45, 2.75) is 6.18 Å². The number of halogens is 3. The summed E-state index contributed by atoms with van der Waals surface area (Å²) in [6, 6.07) is 3.04. The average molecular weight is 385 g/mol. The van der Waals surface area contributed by atoms with Crippen molar-refractivity contribution in [2.24, 2.45) is 0 Å². The first-order valence-corrected chi connectivity index (χ1v) is 8.60. The molecule has 2 fully saturated rings. The molecule has 0 atom stereocenters. The normalized spacial score (nSPS) is 19.0. The minimum absolute atomic E-state index is 0.0282. The van der Waals surface area contributed by atoms with Gasteiger partial charge in [0, 0.05) is 39.3 Å². The number of rotatable bonds is 1. The van der Waals surface area contributed by atoms with Crippen molar-refractivity contribution < 1.29 is 22.7 Å². The van der Waals surface area contributed by atoms with Crippen LogP contribution in [-0.2, 0) is 10.9 Å². The van der Waals surface area contributed by atoms with Gasteiger partial charge in [-0.25, -0.2) is 4.79 Å². The monoisotopic (exact) mass is 385 g/mol. The Hall–Kier alpha value is -2.63. The number of carbonyl (C=O) groups is 1. The van der Waals surface area contributed by atoms with Crippen molar-refractivity contribution in [3.63, 3.8) is 0 Å². The number of nitrogens with zero attached hydrogens (tertiary/aromatic N) is 7. The summed E-state index contributed by atoms with van der Waals surface area (Å²) in [4.78, 5) is 17.9. The largest absolute Gasteiger partial charge is 0.453 e. The molecular weight excluding hydrogens is 367 g/mol. The number of urea groups is 1. The van der Waals surface area contributed by atoms with Gasteiger partial charge in [-0.05, 0) is 12.1 Å². The molecule has 0 saturated carbocycles. The quantitative estimate of drug-likeness (QED) is 0.720. The van der Waals surface area contributed by atoms with E-state index in [1.807, 2.05) is 4.90 Å². The van der Waals surface area contributed by atoms with Crippen LogP contribution in [0.2, 0.25) is 0 Å². The SMILES string of the molecule is O=C(N1CCOCC1)N1CCN(c2ccc3nnc(C(F)(F)F)n3n2)CC1. The molecule has 0 N–H and O–H groups in total. The molecule has 146 valence electrons. The highest BCUT2D eigenvalue weighted by molar-refractivity contribution is 5.75. The number of ether oxygens (including phenoxy) is 1. The van der Waals surface area contributed by atoms with Gasteiger partial charge in [-0.15, -0.1) is 15.3 Å². The maximum atomic E-state index is 13.0. The number of aromatic nitrogens is 4. The molecule has 0 radical (unpaired) electrons. The molecule has 2 aromatic rings. The van der Waals surface area contributed by atoms with Crippen molar-refractivity contribution >= 4 is 17.5 Å². The topological polar surface area (TPSA) is 79.1 Å². The van der Waals surface area contributed by atoms with E-state index < -0.39 is 12.0 Å². The van der Waals surface area contributed by atoms with Crippen molar-refractivity contribution in [1.82, 2.24) is 29.6 Å². The van der Waals surface area contributed by atoms with E-state index in [1.165, 1.54) is 6.07 Å². The Bertz CT molecular complexity index is 826. The Morgan fingerprint density at radius 2 is 1.63 bits per heavy atom. The molecule has 9 nitrogen and oxygen atoms in total. The molecule has 0 bridgehead atoms. The number of hydrogen-bond donors (Lipinski definition) is 0. The molecule has 2 aliphatic rings. The summed E-state index contributed by atoms with van der Waals surface area (Å²) < 4.78 is 45.0. The summed E-state index contributed by atoms with van der Waals surface area (Å²) in [5.74, 6) is -0.758. The summed E-state index contributed by atoms with van der Waals surface area (Å²) in [7, 11) is 0. The first-order chi connectivity index (χ1) is 12.9. The Morgan fingerprint density at radius 1 is 0.963 bits per heavy atom. The van der Waals surface area contributed by atoms with Crippen LogP contribution < -0.4 is 4.90 Å². The third-order valence-corrected chi connectivity index (χ3v) is 4.66. The van der Waals surface area contributed by atoms with Gasteiger partial charge in [0.25, 0.3) is 5.82 Å². The smallest absolute Gasteiger partial charge is 0.378 e. The molecule has 12 heteroatoms. The molecule has 27 heavy (non-hydrogen) atoms. The second-order valence-electron chi connectivity index (χ2n) is 6.34. The number of anilines is 1. The lowest BCUT2D eigenvalue weighted by Crippen LogP contribution is -2.55. The van der Waals surface area contributed by atoms with Crippen molar-refractivity contribution in [3.05, 3.63) is 18.0 Å². The van der Waals surface area contributed by atoms with Crippen LogP contribution in [0.3, 0.4) is 0 Å². The number of carbonyl (C=O) groups excluding carboxylic acids is 1. The first kappa shape index (κ1) is 17.8. The first-order valence-electron chi connectivity index (χ1n) is 8.60. The van der Waals surface area contributed by atoms with Crippen LogP contribution in [0.1, 0.15) is 5.82 Å². The van der Waals surface area contributed by atoms with Gasteiger partial charge in [0.2, 0.25) is 0 Å². The lowest BCUT2D eigenvalue weighted by molar-refractivity contribution is -0.146. The predicted molar refractivity (Wildman–Crippen MR) is 87.4 cm³/mol. The van der Waals surface area contributed by atoms with Gasteiger partial charge in [-0.1, -0.05) is 0 Å². The lowest BCUT2D eigenvalue weighted by Gasteiger charge is -2.38. The van der Waals surface area contributed by atoms with Crippen LogP contribution in [-0.4, -0.2) is 88.1 Å². The standard InChI is InChI=1S/C15H18F3N7O2/c16-15(17,18)13-20-19-11-1-2-12(21-25(11)13)22-3-5-23(6-4-22)14(26)24-7-9-27-10-8-24/h1-2H,3-10H2. The maximum absolute atomic E-state index is 13.0. The van der Waals surface area contributed by atoms with E-state index in [0.29, 0.717) is 62.8 Å². The Kier molecular flexibility index (Phi) is 4.50. The third-order valence-electron chi connectivity index (χ3n) is 4.66. The molecule has 0 aliphatic carbocycles. The molecule has 0 spiro atoms. The molecular formula is C15H18F3N7O2. The highest BCUT2D eigenvalue weighted by Gasteiger charge is 2.38. The van der Waals surface area contributed by atoms with Gasteiger partial charge in [0.05, 0.1) is 13.2 Å². The van der Waals surface area contributed by atoms with Crippen LogP contribution >= 0.6 is 0 Å². The molecule has 4 rings (SSSR count). The summed E-state index contributed by atoms with van der Waals surface area (Å²) in [5.41, 5.74) is 0.0345. The molecule has 2 saturated heterocycles. The molecule has 2 aromatic heterocycles. The number of amides is 2. The Balaban J connectivity index is 1.45. The zero-order valence-electron chi connectivity index (χ0n) is 14.4. The van der Waals surface area contributed by atoms with E-state index >= 15 is 0 Å². The second kappa shape index (κ2) is 6.83. The molecule has 2 aliphatic heterocycles. The van der Waals surface area contributed by atoms with Gasteiger partial charge >= 0.3 is 12.2 Å². The zero-order chi connectivity index (χ0) is 19.0. The van der Waals surface area contributed by atoms with E-state index in [0.717, 1.165) is 0 Å². The van der Waals surface area contributed by atoms with E-state index in [2.05, 4.69) is 15.3 Å². The van der Waals surface area contributed by atoms with Crippen molar-refractivity contribution in [2.75, 3.05) is 57.4 Å². The van der Waals surface area contributed by atoms with Crippen LogP contribution in [0.15, 0.2) is 12.1 Å². The van der Waals surface area contributed by atoms with Crippen molar-refractivity contribution in [3.8, 4) is 0 Å². The third kappa shape index (κ3) is 3.48. The number of alkyl halides is 3. The molecule has 0 unspecified atom stereocenters. The fourth-order valence-electron chi connectivity index (χ4n) is 3.21. The summed E-state index contributed by atoms with van der Waals surface area (Å²) in [6.07, 6.45) is -4.63. The van der Waals surface area contributed by atoms with E-state index in [4.69, 9.17) is 4.74 Å². The number of hydrogen-bond acceptors (Lipinski definition) is 6. The van der Waals surface area contributed by atoms with Gasteiger partial charge in [-0.2, -0.15) is 17.7 Å². The molecule has 2 amide bonds.